The second-order valence-electron chi connectivity index (χ2n) is 4.48. The van der Waals surface area contributed by atoms with Crippen molar-refractivity contribution in [2.24, 2.45) is 0 Å². The second-order valence-corrected chi connectivity index (χ2v) is 5.42. The molecule has 0 unspecified atom stereocenters. The summed E-state index contributed by atoms with van der Waals surface area (Å²) in [4.78, 5) is 3.94. The molecule has 0 amide bonds. The monoisotopic (exact) mass is 322 g/mol. The molecule has 114 valence electrons. The third kappa shape index (κ3) is 2.84. The quantitative estimate of drug-likeness (QED) is 0.676. The van der Waals surface area contributed by atoms with E-state index in [2.05, 4.69) is 20.5 Å². The van der Waals surface area contributed by atoms with Gasteiger partial charge in [0.25, 0.3) is 0 Å². The Hall–Kier alpha value is -2.29. The first-order chi connectivity index (χ1) is 10.7. The standard InChI is InChI=1S/C13H12F2N6S/c1-9-4-2-3-5-10(9)21-13(17-18-19-21)22-8-11-16-6-7-20(11)12(14)15/h2-7,12H,8H2,1H3. The molecule has 0 bridgehead atoms. The van der Waals surface area contributed by atoms with Crippen LogP contribution in [0.3, 0.4) is 0 Å². The van der Waals surface area contributed by atoms with E-state index >= 15 is 0 Å². The van der Waals surface area contributed by atoms with E-state index in [1.807, 2.05) is 31.2 Å². The molecule has 0 radical (unpaired) electrons. The summed E-state index contributed by atoms with van der Waals surface area (Å²) in [7, 11) is 0. The van der Waals surface area contributed by atoms with Gasteiger partial charge < -0.3 is 0 Å². The number of hydrogen-bond donors (Lipinski definition) is 0. The van der Waals surface area contributed by atoms with Gasteiger partial charge in [-0.2, -0.15) is 13.5 Å². The maximum Gasteiger partial charge on any atom is 0.319 e. The molecule has 0 aliphatic rings. The van der Waals surface area contributed by atoms with Crippen molar-refractivity contribution in [3.63, 3.8) is 0 Å². The van der Waals surface area contributed by atoms with Crippen molar-refractivity contribution in [1.82, 2.24) is 29.8 Å². The van der Waals surface area contributed by atoms with E-state index in [-0.39, 0.29) is 11.6 Å². The molecule has 3 rings (SSSR count). The summed E-state index contributed by atoms with van der Waals surface area (Å²) in [6.07, 6.45) is 2.61. The van der Waals surface area contributed by atoms with Gasteiger partial charge in [0.05, 0.1) is 11.4 Å². The van der Waals surface area contributed by atoms with Gasteiger partial charge in [-0.1, -0.05) is 30.0 Å². The fourth-order valence-corrected chi connectivity index (χ4v) is 2.82. The lowest BCUT2D eigenvalue weighted by Gasteiger charge is -2.08. The Morgan fingerprint density at radius 1 is 1.27 bits per heavy atom. The van der Waals surface area contributed by atoms with E-state index in [4.69, 9.17) is 0 Å². The predicted molar refractivity (Wildman–Crippen MR) is 76.9 cm³/mol. The Morgan fingerprint density at radius 2 is 2.09 bits per heavy atom. The highest BCUT2D eigenvalue weighted by Gasteiger charge is 2.15. The number of aromatic nitrogens is 6. The van der Waals surface area contributed by atoms with E-state index in [1.54, 1.807) is 4.68 Å². The topological polar surface area (TPSA) is 61.4 Å². The van der Waals surface area contributed by atoms with Crippen LogP contribution >= 0.6 is 11.8 Å². The van der Waals surface area contributed by atoms with E-state index < -0.39 is 6.55 Å². The van der Waals surface area contributed by atoms with Crippen molar-refractivity contribution in [3.05, 3.63) is 48.0 Å². The molecule has 0 saturated carbocycles. The van der Waals surface area contributed by atoms with Gasteiger partial charge in [-0.3, -0.25) is 4.57 Å². The predicted octanol–water partition coefficient (Wildman–Crippen LogP) is 2.85. The number of imidazole rings is 1. The molecule has 2 heterocycles. The number of alkyl halides is 2. The van der Waals surface area contributed by atoms with Gasteiger partial charge in [0.15, 0.2) is 0 Å². The smallest absolute Gasteiger partial charge is 0.277 e. The fourth-order valence-electron chi connectivity index (χ4n) is 1.98. The summed E-state index contributed by atoms with van der Waals surface area (Å²) in [6.45, 7) is -0.653. The van der Waals surface area contributed by atoms with E-state index in [1.165, 1.54) is 24.2 Å². The molecule has 0 spiro atoms. The summed E-state index contributed by atoms with van der Waals surface area (Å²) >= 11 is 1.26. The van der Waals surface area contributed by atoms with Gasteiger partial charge in [0.1, 0.15) is 5.82 Å². The molecule has 2 aromatic heterocycles. The minimum absolute atomic E-state index is 0.254. The molecule has 0 N–H and O–H groups in total. The summed E-state index contributed by atoms with van der Waals surface area (Å²) in [5, 5.41) is 12.1. The van der Waals surface area contributed by atoms with Crippen molar-refractivity contribution in [1.29, 1.82) is 0 Å². The number of tetrazole rings is 1. The maximum absolute atomic E-state index is 12.8. The third-order valence-corrected chi connectivity index (χ3v) is 3.99. The van der Waals surface area contributed by atoms with Crippen LogP contribution in [0.25, 0.3) is 5.69 Å². The molecule has 1 aromatic carbocycles. The lowest BCUT2D eigenvalue weighted by atomic mass is 10.2. The summed E-state index contributed by atoms with van der Waals surface area (Å²) < 4.78 is 28.0. The van der Waals surface area contributed by atoms with Crippen LogP contribution in [-0.4, -0.2) is 29.8 Å². The minimum Gasteiger partial charge on any atom is -0.277 e. The lowest BCUT2D eigenvalue weighted by Crippen LogP contribution is -2.04. The zero-order valence-corrected chi connectivity index (χ0v) is 12.4. The Kier molecular flexibility index (Phi) is 4.14. The lowest BCUT2D eigenvalue weighted by molar-refractivity contribution is 0.0678. The summed E-state index contributed by atoms with van der Waals surface area (Å²) in [5.41, 5.74) is 1.87. The van der Waals surface area contributed by atoms with Crippen molar-refractivity contribution in [2.75, 3.05) is 0 Å². The molecule has 22 heavy (non-hydrogen) atoms. The molecule has 0 saturated heterocycles. The van der Waals surface area contributed by atoms with Crippen LogP contribution in [0.5, 0.6) is 0 Å². The molecule has 0 fully saturated rings. The zero-order valence-electron chi connectivity index (χ0n) is 11.6. The Balaban J connectivity index is 1.82. The highest BCUT2D eigenvalue weighted by atomic mass is 32.2. The van der Waals surface area contributed by atoms with Crippen LogP contribution in [-0.2, 0) is 5.75 Å². The van der Waals surface area contributed by atoms with Crippen LogP contribution in [0.2, 0.25) is 0 Å². The first-order valence-electron chi connectivity index (χ1n) is 6.44. The van der Waals surface area contributed by atoms with Crippen LogP contribution < -0.4 is 0 Å². The first kappa shape index (κ1) is 14.6. The molecule has 0 aliphatic heterocycles. The van der Waals surface area contributed by atoms with Crippen LogP contribution in [0.15, 0.2) is 41.8 Å². The van der Waals surface area contributed by atoms with Crippen molar-refractivity contribution < 1.29 is 8.78 Å². The number of rotatable bonds is 5. The highest BCUT2D eigenvalue weighted by Crippen LogP contribution is 2.24. The zero-order chi connectivity index (χ0) is 15.5. The van der Waals surface area contributed by atoms with Gasteiger partial charge in [-0.25, -0.2) is 4.98 Å². The molecule has 0 atom stereocenters. The van der Waals surface area contributed by atoms with Crippen molar-refractivity contribution in [3.8, 4) is 5.69 Å². The maximum atomic E-state index is 12.8. The van der Waals surface area contributed by atoms with E-state index in [9.17, 15) is 8.78 Å². The molecular formula is C13H12F2N6S. The Labute approximate surface area is 129 Å². The fraction of sp³-hybridized carbons (Fsp3) is 0.231. The Bertz CT molecular complexity index is 769. The Morgan fingerprint density at radius 3 is 2.86 bits per heavy atom. The van der Waals surface area contributed by atoms with Crippen LogP contribution in [0.4, 0.5) is 8.78 Å². The average molecular weight is 322 g/mol. The highest BCUT2D eigenvalue weighted by molar-refractivity contribution is 7.98. The minimum atomic E-state index is -2.61. The second kappa shape index (κ2) is 6.22. The number of halogens is 2. The van der Waals surface area contributed by atoms with Gasteiger partial charge in [-0.05, 0) is 29.0 Å². The first-order valence-corrected chi connectivity index (χ1v) is 7.42. The number of benzene rings is 1. The molecule has 3 aromatic rings. The number of aryl methyl sites for hydroxylation is 1. The molecule has 9 heteroatoms. The third-order valence-electron chi connectivity index (χ3n) is 3.07. The number of nitrogens with zero attached hydrogens (tertiary/aromatic N) is 6. The summed E-state index contributed by atoms with van der Waals surface area (Å²) in [5.74, 6) is 0.531. The number of hydrogen-bond acceptors (Lipinski definition) is 5. The normalized spacial score (nSPS) is 11.3. The molecular weight excluding hydrogens is 310 g/mol. The van der Waals surface area contributed by atoms with Gasteiger partial charge in [-0.15, -0.1) is 5.10 Å². The van der Waals surface area contributed by atoms with E-state index in [0.717, 1.165) is 15.8 Å². The molecule has 6 nitrogen and oxygen atoms in total. The summed E-state index contributed by atoms with van der Waals surface area (Å²) in [6, 6.07) is 7.67. The molecule has 0 aliphatic carbocycles. The number of para-hydroxylation sites is 1. The largest absolute Gasteiger partial charge is 0.319 e. The van der Waals surface area contributed by atoms with Gasteiger partial charge >= 0.3 is 6.55 Å². The van der Waals surface area contributed by atoms with E-state index in [0.29, 0.717) is 5.16 Å². The van der Waals surface area contributed by atoms with Gasteiger partial charge in [0, 0.05) is 12.4 Å². The van der Waals surface area contributed by atoms with Crippen LogP contribution in [0, 0.1) is 6.92 Å². The number of thioether (sulfide) groups is 1. The van der Waals surface area contributed by atoms with Crippen molar-refractivity contribution >= 4 is 11.8 Å². The van der Waals surface area contributed by atoms with Crippen molar-refractivity contribution in [2.45, 2.75) is 24.4 Å². The SMILES string of the molecule is Cc1ccccc1-n1nnnc1SCc1nccn1C(F)F. The van der Waals surface area contributed by atoms with Gasteiger partial charge in [0.2, 0.25) is 5.16 Å². The van der Waals surface area contributed by atoms with Crippen LogP contribution in [0.1, 0.15) is 17.9 Å². The average Bonchev–Trinajstić information content (AvgIpc) is 3.14.